The third-order valence-corrected chi connectivity index (χ3v) is 6.09. The van der Waals surface area contributed by atoms with Crippen LogP contribution in [0.3, 0.4) is 0 Å². The first kappa shape index (κ1) is 22.2. The summed E-state index contributed by atoms with van der Waals surface area (Å²) in [5, 5.41) is 13.9. The number of amides is 1. The lowest BCUT2D eigenvalue weighted by molar-refractivity contribution is 0.0949. The summed E-state index contributed by atoms with van der Waals surface area (Å²) in [6.07, 6.45) is 2.52. The van der Waals surface area contributed by atoms with Crippen LogP contribution in [0.4, 0.5) is 0 Å². The van der Waals surface area contributed by atoms with Gasteiger partial charge in [-0.15, -0.1) is 0 Å². The maximum absolute atomic E-state index is 12.8. The number of phenolic OH excluding ortho intramolecular Hbond substituents is 1. The molecule has 4 rings (SSSR count). The highest BCUT2D eigenvalue weighted by Gasteiger charge is 2.21. The molecule has 0 aliphatic carbocycles. The summed E-state index contributed by atoms with van der Waals surface area (Å²) >= 11 is 6.34. The number of nitrogens with one attached hydrogen (secondary N) is 1. The summed E-state index contributed by atoms with van der Waals surface area (Å²) < 4.78 is 7.06. The number of halogens is 1. The van der Waals surface area contributed by atoms with Gasteiger partial charge in [-0.25, -0.2) is 0 Å². The van der Waals surface area contributed by atoms with Gasteiger partial charge in [0, 0.05) is 30.4 Å². The minimum Gasteiger partial charge on any atom is -0.507 e. The molecule has 3 aromatic rings. The number of methoxy groups -OCH3 is 1. The molecule has 6 nitrogen and oxygen atoms in total. The molecule has 2 N–H and O–H groups in total. The van der Waals surface area contributed by atoms with Gasteiger partial charge >= 0.3 is 0 Å². The van der Waals surface area contributed by atoms with E-state index in [0.717, 1.165) is 25.3 Å². The van der Waals surface area contributed by atoms with Crippen LogP contribution < -0.4 is 10.1 Å². The number of hydrogen-bond donors (Lipinski definition) is 2. The van der Waals surface area contributed by atoms with Gasteiger partial charge in [-0.1, -0.05) is 23.7 Å². The Hall–Kier alpha value is -2.96. The lowest BCUT2D eigenvalue weighted by atomic mass is 10.1. The van der Waals surface area contributed by atoms with Crippen molar-refractivity contribution < 1.29 is 14.6 Å². The van der Waals surface area contributed by atoms with Crippen LogP contribution >= 0.6 is 11.6 Å². The molecule has 0 saturated carbocycles. The minimum absolute atomic E-state index is 0.0266. The van der Waals surface area contributed by atoms with Gasteiger partial charge < -0.3 is 19.7 Å². The molecule has 2 aromatic carbocycles. The molecule has 1 saturated heterocycles. The highest BCUT2D eigenvalue weighted by molar-refractivity contribution is 6.32. The number of hydrogen-bond acceptors (Lipinski definition) is 4. The number of nitrogens with zero attached hydrogens (tertiary/aromatic N) is 2. The fourth-order valence-corrected chi connectivity index (χ4v) is 4.45. The van der Waals surface area contributed by atoms with E-state index in [-0.39, 0.29) is 11.7 Å². The summed E-state index contributed by atoms with van der Waals surface area (Å²) in [5.74, 6) is 0.235. The normalized spacial score (nSPS) is 14.0. The van der Waals surface area contributed by atoms with Crippen molar-refractivity contribution in [3.63, 3.8) is 0 Å². The number of ether oxygens (including phenoxy) is 1. The number of likely N-dealkylation sites (tertiary alicyclic amines) is 1. The summed E-state index contributed by atoms with van der Waals surface area (Å²) in [4.78, 5) is 15.2. The molecule has 0 atom stereocenters. The fourth-order valence-electron chi connectivity index (χ4n) is 4.21. The third kappa shape index (κ3) is 4.47. The molecule has 1 aliphatic heterocycles. The van der Waals surface area contributed by atoms with Gasteiger partial charge in [0.15, 0.2) is 0 Å². The Morgan fingerprint density at radius 3 is 2.50 bits per heavy atom. The second-order valence-corrected chi connectivity index (χ2v) is 8.36. The Morgan fingerprint density at radius 2 is 1.84 bits per heavy atom. The fraction of sp³-hybridized carbons (Fsp3) is 0.320. The monoisotopic (exact) mass is 453 g/mol. The van der Waals surface area contributed by atoms with Gasteiger partial charge in [0.25, 0.3) is 5.91 Å². The van der Waals surface area contributed by atoms with Crippen molar-refractivity contribution in [3.05, 3.63) is 64.8 Å². The summed E-state index contributed by atoms with van der Waals surface area (Å²) in [7, 11) is 1.50. The van der Waals surface area contributed by atoms with Crippen molar-refractivity contribution in [2.75, 3.05) is 26.7 Å². The molecule has 32 heavy (non-hydrogen) atoms. The molecule has 7 heteroatoms. The number of aromatic hydroxyl groups is 1. The largest absolute Gasteiger partial charge is 0.507 e. The number of phenols is 1. The summed E-state index contributed by atoms with van der Waals surface area (Å²) in [5.41, 5.74) is 3.75. The summed E-state index contributed by atoms with van der Waals surface area (Å²) in [6, 6.07) is 14.9. The maximum atomic E-state index is 12.8. The Bertz CT molecular complexity index is 1100. The van der Waals surface area contributed by atoms with E-state index in [1.165, 1.54) is 31.6 Å². The van der Waals surface area contributed by atoms with E-state index in [4.69, 9.17) is 16.3 Å². The molecule has 1 aromatic heterocycles. The van der Waals surface area contributed by atoms with E-state index < -0.39 is 0 Å². The van der Waals surface area contributed by atoms with Gasteiger partial charge in [0.1, 0.15) is 17.2 Å². The first-order valence-corrected chi connectivity index (χ1v) is 11.3. The Labute approximate surface area is 193 Å². The van der Waals surface area contributed by atoms with Gasteiger partial charge in [0.05, 0.1) is 17.8 Å². The highest BCUT2D eigenvalue weighted by atomic mass is 35.5. The van der Waals surface area contributed by atoms with E-state index in [2.05, 4.69) is 22.3 Å². The van der Waals surface area contributed by atoms with E-state index in [0.29, 0.717) is 34.3 Å². The molecule has 1 fully saturated rings. The third-order valence-electron chi connectivity index (χ3n) is 5.80. The van der Waals surface area contributed by atoms with Crippen molar-refractivity contribution in [1.82, 2.24) is 14.8 Å². The number of carbonyl (C=O) groups excluding carboxylic acids is 1. The van der Waals surface area contributed by atoms with Crippen LogP contribution in [0.2, 0.25) is 5.02 Å². The van der Waals surface area contributed by atoms with Crippen LogP contribution in [0.1, 0.15) is 35.8 Å². The number of carbonyl (C=O) groups is 1. The van der Waals surface area contributed by atoms with Crippen molar-refractivity contribution in [1.29, 1.82) is 0 Å². The summed E-state index contributed by atoms with van der Waals surface area (Å²) in [6.45, 7) is 5.61. The average Bonchev–Trinajstić information content (AvgIpc) is 3.46. The van der Waals surface area contributed by atoms with Crippen LogP contribution in [0.5, 0.6) is 11.5 Å². The van der Waals surface area contributed by atoms with Crippen molar-refractivity contribution >= 4 is 17.5 Å². The van der Waals surface area contributed by atoms with Crippen molar-refractivity contribution in [2.24, 2.45) is 0 Å². The first-order valence-electron chi connectivity index (χ1n) is 10.9. The first-order chi connectivity index (χ1) is 15.5. The van der Waals surface area contributed by atoms with Crippen LogP contribution in [0, 0.1) is 0 Å². The van der Waals surface area contributed by atoms with Crippen LogP contribution in [-0.2, 0) is 6.54 Å². The Balaban J connectivity index is 1.77. The zero-order valence-electron chi connectivity index (χ0n) is 18.4. The number of rotatable bonds is 7. The molecule has 1 aliphatic rings. The molecule has 0 unspecified atom stereocenters. The second-order valence-electron chi connectivity index (χ2n) is 7.95. The molecular weight excluding hydrogens is 426 g/mol. The molecule has 0 bridgehead atoms. The molecule has 0 spiro atoms. The van der Waals surface area contributed by atoms with Crippen LogP contribution in [0.15, 0.2) is 48.5 Å². The standard InChI is InChI=1S/C25H28ClN3O3/c1-3-27-25(31)22-11-10-21(19-14-20(26)24(32-2)15-23(19)30)29(22)18-8-6-17(7-9-18)16-28-12-4-5-13-28/h6-11,14-15,30H,3-5,12-13,16H2,1-2H3,(H,27,31). The Morgan fingerprint density at radius 1 is 1.12 bits per heavy atom. The number of benzene rings is 2. The quantitative estimate of drug-likeness (QED) is 0.536. The van der Waals surface area contributed by atoms with Crippen molar-refractivity contribution in [2.45, 2.75) is 26.3 Å². The van der Waals surface area contributed by atoms with E-state index in [9.17, 15) is 9.90 Å². The predicted octanol–water partition coefficient (Wildman–Crippen LogP) is 4.86. The van der Waals surface area contributed by atoms with Gasteiger partial charge in [-0.3, -0.25) is 9.69 Å². The number of aromatic nitrogens is 1. The molecular formula is C25H28ClN3O3. The van der Waals surface area contributed by atoms with Gasteiger partial charge in [0.2, 0.25) is 0 Å². The van der Waals surface area contributed by atoms with E-state index in [1.54, 1.807) is 12.1 Å². The van der Waals surface area contributed by atoms with Gasteiger partial charge in [-0.05, 0) is 68.8 Å². The zero-order valence-corrected chi connectivity index (χ0v) is 19.2. The minimum atomic E-state index is -0.181. The zero-order chi connectivity index (χ0) is 22.7. The van der Waals surface area contributed by atoms with Crippen molar-refractivity contribution in [3.8, 4) is 28.4 Å². The van der Waals surface area contributed by atoms with E-state index >= 15 is 0 Å². The lowest BCUT2D eigenvalue weighted by Crippen LogP contribution is -2.25. The average molecular weight is 454 g/mol. The SMILES string of the molecule is CCNC(=O)c1ccc(-c2cc(Cl)c(OC)cc2O)n1-c1ccc(CN2CCCC2)cc1. The lowest BCUT2D eigenvalue weighted by Gasteiger charge is -2.17. The van der Waals surface area contributed by atoms with Crippen LogP contribution in [-0.4, -0.2) is 47.2 Å². The maximum Gasteiger partial charge on any atom is 0.268 e. The highest BCUT2D eigenvalue weighted by Crippen LogP contribution is 2.39. The Kier molecular flexibility index (Phi) is 6.72. The molecule has 2 heterocycles. The smallest absolute Gasteiger partial charge is 0.268 e. The molecule has 168 valence electrons. The molecule has 0 radical (unpaired) electrons. The van der Waals surface area contributed by atoms with E-state index in [1.807, 2.05) is 29.7 Å². The predicted molar refractivity (Wildman–Crippen MR) is 127 cm³/mol. The molecule has 1 amide bonds. The van der Waals surface area contributed by atoms with Crippen LogP contribution in [0.25, 0.3) is 16.9 Å². The topological polar surface area (TPSA) is 66.7 Å². The van der Waals surface area contributed by atoms with Gasteiger partial charge in [-0.2, -0.15) is 0 Å². The second kappa shape index (κ2) is 9.67.